The Labute approximate surface area is 109 Å². The van der Waals surface area contributed by atoms with Gasteiger partial charge in [-0.15, -0.1) is 0 Å². The van der Waals surface area contributed by atoms with Crippen LogP contribution in [0.3, 0.4) is 0 Å². The molecule has 0 aromatic heterocycles. The van der Waals surface area contributed by atoms with Gasteiger partial charge in [0.1, 0.15) is 0 Å². The molecular formula is C15H22N2O. The molecule has 1 saturated carbocycles. The number of nitrogens with zero attached hydrogens (tertiary/aromatic N) is 2. The van der Waals surface area contributed by atoms with Gasteiger partial charge in [0.25, 0.3) is 0 Å². The van der Waals surface area contributed by atoms with Crippen LogP contribution in [0.15, 0.2) is 24.3 Å². The van der Waals surface area contributed by atoms with E-state index in [0.717, 1.165) is 25.9 Å². The Morgan fingerprint density at radius 2 is 1.83 bits per heavy atom. The van der Waals surface area contributed by atoms with Gasteiger partial charge in [0, 0.05) is 38.8 Å². The van der Waals surface area contributed by atoms with Crippen LogP contribution in [0.5, 0.6) is 0 Å². The first-order chi connectivity index (χ1) is 8.61. The largest absolute Gasteiger partial charge is 0.378 e. The van der Waals surface area contributed by atoms with Crippen molar-refractivity contribution in [1.29, 1.82) is 0 Å². The predicted molar refractivity (Wildman–Crippen MR) is 74.6 cm³/mol. The number of benzene rings is 1. The number of rotatable bonds is 5. The summed E-state index contributed by atoms with van der Waals surface area (Å²) in [5.74, 6) is 0.639. The molecule has 3 heteroatoms. The van der Waals surface area contributed by atoms with Crippen LogP contribution in [0.4, 0.5) is 5.69 Å². The van der Waals surface area contributed by atoms with Crippen molar-refractivity contribution in [2.24, 2.45) is 5.92 Å². The molecular weight excluding hydrogens is 224 g/mol. The molecule has 1 amide bonds. The molecule has 3 nitrogen and oxygen atoms in total. The third kappa shape index (κ3) is 3.03. The topological polar surface area (TPSA) is 23.6 Å². The fourth-order valence-corrected chi connectivity index (χ4v) is 2.05. The summed E-state index contributed by atoms with van der Waals surface area (Å²) in [7, 11) is 4.06. The molecule has 1 aliphatic carbocycles. The summed E-state index contributed by atoms with van der Waals surface area (Å²) >= 11 is 0. The molecule has 1 aliphatic rings. The van der Waals surface area contributed by atoms with Gasteiger partial charge in [0.2, 0.25) is 5.91 Å². The zero-order chi connectivity index (χ0) is 13.1. The highest BCUT2D eigenvalue weighted by molar-refractivity contribution is 5.81. The van der Waals surface area contributed by atoms with Gasteiger partial charge in [0.05, 0.1) is 0 Å². The molecule has 0 bridgehead atoms. The minimum absolute atomic E-state index is 0.311. The standard InChI is InChI=1S/C15H22N2O/c1-4-17(15(18)13-7-8-13)11-12-5-9-14(10-6-12)16(2)3/h5-6,9-10,13H,4,7-8,11H2,1-3H3. The van der Waals surface area contributed by atoms with Gasteiger partial charge in [-0.1, -0.05) is 12.1 Å². The van der Waals surface area contributed by atoms with Crippen molar-refractivity contribution in [2.75, 3.05) is 25.5 Å². The lowest BCUT2D eigenvalue weighted by Gasteiger charge is -2.21. The molecule has 1 aromatic rings. The minimum Gasteiger partial charge on any atom is -0.378 e. The zero-order valence-corrected chi connectivity index (χ0v) is 11.5. The van der Waals surface area contributed by atoms with Gasteiger partial charge in [-0.3, -0.25) is 4.79 Å². The van der Waals surface area contributed by atoms with Gasteiger partial charge in [-0.25, -0.2) is 0 Å². The van der Waals surface area contributed by atoms with E-state index in [4.69, 9.17) is 0 Å². The fourth-order valence-electron chi connectivity index (χ4n) is 2.05. The van der Waals surface area contributed by atoms with Crippen molar-refractivity contribution < 1.29 is 4.79 Å². The Hall–Kier alpha value is -1.51. The van der Waals surface area contributed by atoms with Gasteiger partial charge in [0.15, 0.2) is 0 Å². The molecule has 0 unspecified atom stereocenters. The lowest BCUT2D eigenvalue weighted by molar-refractivity contribution is -0.132. The van der Waals surface area contributed by atoms with Gasteiger partial charge >= 0.3 is 0 Å². The first kappa shape index (κ1) is 12.9. The second-order valence-corrected chi connectivity index (χ2v) is 5.19. The molecule has 0 spiro atoms. The Morgan fingerprint density at radius 3 is 2.28 bits per heavy atom. The van der Waals surface area contributed by atoms with E-state index < -0.39 is 0 Å². The van der Waals surface area contributed by atoms with E-state index in [-0.39, 0.29) is 0 Å². The Morgan fingerprint density at radius 1 is 1.22 bits per heavy atom. The summed E-state index contributed by atoms with van der Waals surface area (Å²) in [4.78, 5) is 16.1. The lowest BCUT2D eigenvalue weighted by atomic mass is 10.1. The van der Waals surface area contributed by atoms with E-state index in [2.05, 4.69) is 36.1 Å². The van der Waals surface area contributed by atoms with E-state index in [0.29, 0.717) is 11.8 Å². The van der Waals surface area contributed by atoms with Crippen molar-refractivity contribution >= 4 is 11.6 Å². The number of anilines is 1. The maximum Gasteiger partial charge on any atom is 0.225 e. The third-order valence-corrected chi connectivity index (χ3v) is 3.45. The quantitative estimate of drug-likeness (QED) is 0.797. The van der Waals surface area contributed by atoms with Crippen molar-refractivity contribution in [3.8, 4) is 0 Å². The Bertz CT molecular complexity index is 407. The average molecular weight is 246 g/mol. The molecule has 18 heavy (non-hydrogen) atoms. The normalized spacial score (nSPS) is 14.4. The highest BCUT2D eigenvalue weighted by Crippen LogP contribution is 2.31. The molecule has 98 valence electrons. The van der Waals surface area contributed by atoms with Crippen LogP contribution in [-0.4, -0.2) is 31.4 Å². The first-order valence-electron chi connectivity index (χ1n) is 6.67. The summed E-state index contributed by atoms with van der Waals surface area (Å²) < 4.78 is 0. The molecule has 0 atom stereocenters. The SMILES string of the molecule is CCN(Cc1ccc(N(C)C)cc1)C(=O)C1CC1. The maximum absolute atomic E-state index is 12.0. The Balaban J connectivity index is 2.00. The maximum atomic E-state index is 12.0. The monoisotopic (exact) mass is 246 g/mol. The van der Waals surface area contributed by atoms with Crippen LogP contribution >= 0.6 is 0 Å². The molecule has 1 fully saturated rings. The van der Waals surface area contributed by atoms with Crippen LogP contribution < -0.4 is 4.90 Å². The molecule has 1 aromatic carbocycles. The summed E-state index contributed by atoms with van der Waals surface area (Å²) in [5, 5.41) is 0. The molecule has 2 rings (SSSR count). The van der Waals surface area contributed by atoms with E-state index in [1.165, 1.54) is 11.3 Å². The zero-order valence-electron chi connectivity index (χ0n) is 11.5. The van der Waals surface area contributed by atoms with Crippen LogP contribution in [0.25, 0.3) is 0 Å². The van der Waals surface area contributed by atoms with Gasteiger partial charge in [-0.2, -0.15) is 0 Å². The molecule has 0 heterocycles. The first-order valence-corrected chi connectivity index (χ1v) is 6.67. The summed E-state index contributed by atoms with van der Waals surface area (Å²) in [5.41, 5.74) is 2.40. The summed E-state index contributed by atoms with van der Waals surface area (Å²) in [6.45, 7) is 3.58. The number of hydrogen-bond donors (Lipinski definition) is 0. The van der Waals surface area contributed by atoms with E-state index >= 15 is 0 Å². The van der Waals surface area contributed by atoms with E-state index in [1.807, 2.05) is 19.0 Å². The number of carbonyl (C=O) groups excluding carboxylic acids is 1. The van der Waals surface area contributed by atoms with Gasteiger partial charge < -0.3 is 9.80 Å². The van der Waals surface area contributed by atoms with Crippen LogP contribution in [0, 0.1) is 5.92 Å². The molecule has 0 saturated heterocycles. The van der Waals surface area contributed by atoms with Crippen molar-refractivity contribution in [1.82, 2.24) is 4.90 Å². The predicted octanol–water partition coefficient (Wildman–Crippen LogP) is 2.51. The van der Waals surface area contributed by atoms with Gasteiger partial charge in [-0.05, 0) is 37.5 Å². The highest BCUT2D eigenvalue weighted by Gasteiger charge is 2.32. The van der Waals surface area contributed by atoms with Crippen LogP contribution in [-0.2, 0) is 11.3 Å². The average Bonchev–Trinajstić information content (AvgIpc) is 3.20. The van der Waals surface area contributed by atoms with E-state index in [9.17, 15) is 4.79 Å². The minimum atomic E-state index is 0.311. The fraction of sp³-hybridized carbons (Fsp3) is 0.533. The van der Waals surface area contributed by atoms with Crippen LogP contribution in [0.1, 0.15) is 25.3 Å². The summed E-state index contributed by atoms with van der Waals surface area (Å²) in [6.07, 6.45) is 2.16. The van der Waals surface area contributed by atoms with Crippen molar-refractivity contribution in [3.63, 3.8) is 0 Å². The Kier molecular flexibility index (Phi) is 3.90. The lowest BCUT2D eigenvalue weighted by Crippen LogP contribution is -2.31. The van der Waals surface area contributed by atoms with Crippen molar-refractivity contribution in [2.45, 2.75) is 26.3 Å². The third-order valence-electron chi connectivity index (χ3n) is 3.45. The van der Waals surface area contributed by atoms with Crippen molar-refractivity contribution in [3.05, 3.63) is 29.8 Å². The number of hydrogen-bond acceptors (Lipinski definition) is 2. The second kappa shape index (κ2) is 5.42. The molecule has 0 radical (unpaired) electrons. The van der Waals surface area contributed by atoms with E-state index in [1.54, 1.807) is 0 Å². The number of amides is 1. The van der Waals surface area contributed by atoms with Crippen LogP contribution in [0.2, 0.25) is 0 Å². The smallest absolute Gasteiger partial charge is 0.225 e. The highest BCUT2D eigenvalue weighted by atomic mass is 16.2. The summed E-state index contributed by atoms with van der Waals surface area (Å²) in [6, 6.07) is 8.42. The number of carbonyl (C=O) groups is 1. The second-order valence-electron chi connectivity index (χ2n) is 5.19. The molecule has 0 aliphatic heterocycles. The molecule has 0 N–H and O–H groups in total.